The third kappa shape index (κ3) is 3.38. The van der Waals surface area contributed by atoms with E-state index in [1.54, 1.807) is 11.9 Å². The second-order valence-electron chi connectivity index (χ2n) is 6.39. The zero-order chi connectivity index (χ0) is 18.1. The van der Waals surface area contributed by atoms with Gasteiger partial charge in [-0.2, -0.15) is 0 Å². The second kappa shape index (κ2) is 6.63. The minimum Gasteiger partial charge on any atom is -0.423 e. The fraction of sp³-hybridized carbons (Fsp3) is 0.368. The number of pyridine rings is 1. The molecule has 3 aromatic rings. The number of carbonyl (C=O) groups excluding carboxylic acids is 1. The Bertz CT molecular complexity index is 946. The number of fused-ring (bicyclic) bond motifs is 1. The summed E-state index contributed by atoms with van der Waals surface area (Å²) in [6, 6.07) is 5.93. The van der Waals surface area contributed by atoms with Crippen LogP contribution >= 0.6 is 0 Å². The number of aromatic nitrogens is 3. The zero-order valence-electron chi connectivity index (χ0n) is 15.3. The molecule has 2 aromatic heterocycles. The molecule has 0 saturated heterocycles. The SMILES string of the molecule is CCc1nnc(CN(C)C(=O)c2cc(C)nc3c(C)cc(C)cc23)o1. The number of carbonyl (C=O) groups is 1. The summed E-state index contributed by atoms with van der Waals surface area (Å²) in [5, 5.41) is 8.81. The lowest BCUT2D eigenvalue weighted by atomic mass is 10.0. The summed E-state index contributed by atoms with van der Waals surface area (Å²) < 4.78 is 5.51. The molecule has 0 unspecified atom stereocenters. The van der Waals surface area contributed by atoms with Crippen molar-refractivity contribution in [2.75, 3.05) is 7.05 Å². The van der Waals surface area contributed by atoms with Crippen LogP contribution in [-0.4, -0.2) is 33.0 Å². The molecular formula is C19H22N4O2. The van der Waals surface area contributed by atoms with Gasteiger partial charge in [-0.15, -0.1) is 10.2 Å². The summed E-state index contributed by atoms with van der Waals surface area (Å²) in [6.45, 7) is 8.17. The molecule has 25 heavy (non-hydrogen) atoms. The lowest BCUT2D eigenvalue weighted by Crippen LogP contribution is -2.26. The van der Waals surface area contributed by atoms with E-state index in [0.29, 0.717) is 23.8 Å². The molecule has 2 heterocycles. The maximum Gasteiger partial charge on any atom is 0.254 e. The average molecular weight is 338 g/mol. The molecule has 0 bridgehead atoms. The lowest BCUT2D eigenvalue weighted by molar-refractivity contribution is 0.0774. The number of aryl methyl sites for hydroxylation is 4. The predicted molar refractivity (Wildman–Crippen MR) is 95.4 cm³/mol. The molecule has 6 heteroatoms. The highest BCUT2D eigenvalue weighted by atomic mass is 16.4. The van der Waals surface area contributed by atoms with Crippen molar-refractivity contribution in [3.05, 3.63) is 52.4 Å². The first-order valence-electron chi connectivity index (χ1n) is 8.34. The van der Waals surface area contributed by atoms with Gasteiger partial charge in [0.05, 0.1) is 17.6 Å². The minimum absolute atomic E-state index is 0.0863. The van der Waals surface area contributed by atoms with Gasteiger partial charge in [-0.1, -0.05) is 18.6 Å². The number of hydrogen-bond acceptors (Lipinski definition) is 5. The first-order chi connectivity index (χ1) is 11.9. The molecule has 0 aliphatic carbocycles. The van der Waals surface area contributed by atoms with Crippen molar-refractivity contribution in [2.45, 2.75) is 40.7 Å². The van der Waals surface area contributed by atoms with Crippen molar-refractivity contribution < 1.29 is 9.21 Å². The van der Waals surface area contributed by atoms with E-state index < -0.39 is 0 Å². The molecule has 1 aromatic carbocycles. The largest absolute Gasteiger partial charge is 0.423 e. The lowest BCUT2D eigenvalue weighted by Gasteiger charge is -2.17. The molecule has 0 fully saturated rings. The molecule has 130 valence electrons. The van der Waals surface area contributed by atoms with E-state index >= 15 is 0 Å². The van der Waals surface area contributed by atoms with Gasteiger partial charge < -0.3 is 9.32 Å². The van der Waals surface area contributed by atoms with E-state index in [4.69, 9.17) is 4.42 Å². The van der Waals surface area contributed by atoms with Crippen LogP contribution in [0.5, 0.6) is 0 Å². The summed E-state index contributed by atoms with van der Waals surface area (Å²) in [7, 11) is 1.74. The van der Waals surface area contributed by atoms with Crippen molar-refractivity contribution in [3.63, 3.8) is 0 Å². The van der Waals surface area contributed by atoms with E-state index in [-0.39, 0.29) is 12.5 Å². The quantitative estimate of drug-likeness (QED) is 0.729. The van der Waals surface area contributed by atoms with E-state index in [1.165, 1.54) is 0 Å². The van der Waals surface area contributed by atoms with Crippen LogP contribution in [0.15, 0.2) is 22.6 Å². The standard InChI is InChI=1S/C19H22N4O2/c1-6-16-21-22-17(25-16)10-23(5)19(24)15-9-13(4)20-18-12(3)7-11(2)8-14(15)18/h7-9H,6,10H2,1-5H3. The Labute approximate surface area is 146 Å². The molecule has 0 aliphatic heterocycles. The molecule has 0 N–H and O–H groups in total. The number of rotatable bonds is 4. The molecule has 0 aliphatic rings. The third-order valence-corrected chi connectivity index (χ3v) is 4.14. The van der Waals surface area contributed by atoms with Crippen molar-refractivity contribution in [2.24, 2.45) is 0 Å². The highest BCUT2D eigenvalue weighted by Gasteiger charge is 2.19. The molecule has 0 atom stereocenters. The third-order valence-electron chi connectivity index (χ3n) is 4.14. The van der Waals surface area contributed by atoms with Gasteiger partial charge in [0, 0.05) is 24.5 Å². The Morgan fingerprint density at radius 2 is 1.84 bits per heavy atom. The summed E-state index contributed by atoms with van der Waals surface area (Å²) >= 11 is 0. The van der Waals surface area contributed by atoms with Crippen molar-refractivity contribution in [3.8, 4) is 0 Å². The fourth-order valence-corrected chi connectivity index (χ4v) is 2.96. The molecule has 6 nitrogen and oxygen atoms in total. The van der Waals surface area contributed by atoms with Crippen LogP contribution in [0.25, 0.3) is 10.9 Å². The molecule has 1 amide bonds. The highest BCUT2D eigenvalue weighted by Crippen LogP contribution is 2.24. The maximum atomic E-state index is 13.0. The van der Waals surface area contributed by atoms with Crippen LogP contribution < -0.4 is 0 Å². The highest BCUT2D eigenvalue weighted by molar-refractivity contribution is 6.06. The normalized spacial score (nSPS) is 11.1. The van der Waals surface area contributed by atoms with Crippen LogP contribution in [0.2, 0.25) is 0 Å². The Morgan fingerprint density at radius 3 is 2.52 bits per heavy atom. The van der Waals surface area contributed by atoms with Gasteiger partial charge in [0.1, 0.15) is 0 Å². The van der Waals surface area contributed by atoms with Crippen LogP contribution in [0.3, 0.4) is 0 Å². The first kappa shape index (κ1) is 17.1. The van der Waals surface area contributed by atoms with Gasteiger partial charge in [-0.25, -0.2) is 0 Å². The minimum atomic E-state index is -0.0863. The smallest absolute Gasteiger partial charge is 0.254 e. The van der Waals surface area contributed by atoms with E-state index in [2.05, 4.69) is 21.2 Å². The monoisotopic (exact) mass is 338 g/mol. The molecule has 0 radical (unpaired) electrons. The Kier molecular flexibility index (Phi) is 4.53. The second-order valence-corrected chi connectivity index (χ2v) is 6.39. The van der Waals surface area contributed by atoms with Gasteiger partial charge in [-0.3, -0.25) is 9.78 Å². The maximum absolute atomic E-state index is 13.0. The summed E-state index contributed by atoms with van der Waals surface area (Å²) in [5.74, 6) is 0.930. The van der Waals surface area contributed by atoms with Crippen molar-refractivity contribution in [1.29, 1.82) is 0 Å². The topological polar surface area (TPSA) is 72.1 Å². The summed E-state index contributed by atoms with van der Waals surface area (Å²) in [4.78, 5) is 19.2. The fourth-order valence-electron chi connectivity index (χ4n) is 2.96. The van der Waals surface area contributed by atoms with Crippen LogP contribution in [-0.2, 0) is 13.0 Å². The van der Waals surface area contributed by atoms with Gasteiger partial charge in [-0.05, 0) is 38.5 Å². The van der Waals surface area contributed by atoms with E-state index in [9.17, 15) is 4.79 Å². The van der Waals surface area contributed by atoms with Gasteiger partial charge in [0.25, 0.3) is 5.91 Å². The van der Waals surface area contributed by atoms with Gasteiger partial charge in [0.2, 0.25) is 11.8 Å². The predicted octanol–water partition coefficient (Wildman–Crippen LogP) is 3.38. The molecule has 3 rings (SSSR count). The van der Waals surface area contributed by atoms with Crippen LogP contribution in [0.1, 0.15) is 45.9 Å². The number of nitrogens with zero attached hydrogens (tertiary/aromatic N) is 4. The summed E-state index contributed by atoms with van der Waals surface area (Å²) in [6.07, 6.45) is 0.678. The van der Waals surface area contributed by atoms with Crippen molar-refractivity contribution >= 4 is 16.8 Å². The summed E-state index contributed by atoms with van der Waals surface area (Å²) in [5.41, 5.74) is 4.51. The molecule has 0 saturated carbocycles. The number of amides is 1. The Morgan fingerprint density at radius 1 is 1.12 bits per heavy atom. The Balaban J connectivity index is 1.98. The van der Waals surface area contributed by atoms with Gasteiger partial charge in [0.15, 0.2) is 0 Å². The first-order valence-corrected chi connectivity index (χ1v) is 8.34. The van der Waals surface area contributed by atoms with Crippen molar-refractivity contribution in [1.82, 2.24) is 20.1 Å². The molecular weight excluding hydrogens is 316 g/mol. The number of benzene rings is 1. The van der Waals surface area contributed by atoms with E-state index in [1.807, 2.05) is 39.8 Å². The van der Waals surface area contributed by atoms with Gasteiger partial charge >= 0.3 is 0 Å². The average Bonchev–Trinajstić information content (AvgIpc) is 3.02. The Hall–Kier alpha value is -2.76. The molecule has 0 spiro atoms. The van der Waals surface area contributed by atoms with Crippen LogP contribution in [0, 0.1) is 20.8 Å². The zero-order valence-corrected chi connectivity index (χ0v) is 15.3. The van der Waals surface area contributed by atoms with Crippen LogP contribution in [0.4, 0.5) is 0 Å². The van der Waals surface area contributed by atoms with E-state index in [0.717, 1.165) is 27.7 Å². The number of hydrogen-bond donors (Lipinski definition) is 0.